The van der Waals surface area contributed by atoms with Gasteiger partial charge < -0.3 is 4.57 Å². The van der Waals surface area contributed by atoms with Gasteiger partial charge in [-0.2, -0.15) is 0 Å². The highest BCUT2D eigenvalue weighted by Crippen LogP contribution is 2.36. The Morgan fingerprint density at radius 3 is 2.64 bits per heavy atom. The SMILES string of the molecule is Cc1ncc(-c2ccc3cnc(CC(=O)C4CCC(F)(F)CC4)cc3n2)n1C. The van der Waals surface area contributed by atoms with Gasteiger partial charge in [0.05, 0.1) is 23.1 Å². The molecular weight excluding hydrogens is 362 g/mol. The molecule has 1 saturated carbocycles. The largest absolute Gasteiger partial charge is 0.330 e. The van der Waals surface area contributed by atoms with Crippen molar-refractivity contribution in [1.29, 1.82) is 0 Å². The molecule has 3 aromatic rings. The number of rotatable bonds is 4. The normalized spacial score (nSPS) is 17.1. The van der Waals surface area contributed by atoms with Crippen molar-refractivity contribution >= 4 is 16.7 Å². The van der Waals surface area contributed by atoms with Crippen LogP contribution in [0, 0.1) is 12.8 Å². The summed E-state index contributed by atoms with van der Waals surface area (Å²) in [5, 5.41) is 0.885. The van der Waals surface area contributed by atoms with E-state index < -0.39 is 5.92 Å². The molecule has 0 amide bonds. The van der Waals surface area contributed by atoms with Gasteiger partial charge in [0.2, 0.25) is 5.92 Å². The smallest absolute Gasteiger partial charge is 0.248 e. The van der Waals surface area contributed by atoms with E-state index in [-0.39, 0.29) is 43.8 Å². The summed E-state index contributed by atoms with van der Waals surface area (Å²) in [5.74, 6) is -2.03. The van der Waals surface area contributed by atoms with Crippen LogP contribution >= 0.6 is 0 Å². The van der Waals surface area contributed by atoms with Crippen LogP contribution in [0.1, 0.15) is 37.2 Å². The summed E-state index contributed by atoms with van der Waals surface area (Å²) in [4.78, 5) is 25.9. The second kappa shape index (κ2) is 7.04. The number of carbonyl (C=O) groups is 1. The number of fused-ring (bicyclic) bond motifs is 1. The minimum atomic E-state index is -2.62. The Morgan fingerprint density at radius 1 is 1.21 bits per heavy atom. The third-order valence-corrected chi connectivity index (χ3v) is 5.64. The highest BCUT2D eigenvalue weighted by Gasteiger charge is 2.37. The molecule has 0 bridgehead atoms. The molecule has 4 rings (SSSR count). The number of aromatic nitrogens is 4. The number of aryl methyl sites for hydroxylation is 1. The maximum absolute atomic E-state index is 13.3. The van der Waals surface area contributed by atoms with Crippen LogP contribution in [0.4, 0.5) is 8.78 Å². The lowest BCUT2D eigenvalue weighted by Crippen LogP contribution is -2.29. The van der Waals surface area contributed by atoms with E-state index in [0.29, 0.717) is 5.69 Å². The van der Waals surface area contributed by atoms with E-state index in [1.54, 1.807) is 12.4 Å². The number of halogens is 2. The Kier molecular flexibility index (Phi) is 4.69. The Hall–Kier alpha value is -2.70. The van der Waals surface area contributed by atoms with Gasteiger partial charge in [-0.15, -0.1) is 0 Å². The van der Waals surface area contributed by atoms with Gasteiger partial charge in [-0.1, -0.05) is 0 Å². The zero-order valence-corrected chi connectivity index (χ0v) is 16.0. The molecule has 5 nitrogen and oxygen atoms in total. The number of alkyl halides is 2. The number of hydrogen-bond donors (Lipinski definition) is 0. The van der Waals surface area contributed by atoms with Crippen LogP contribution in [0.3, 0.4) is 0 Å². The second-order valence-electron chi connectivity index (χ2n) is 7.59. The molecule has 0 unspecified atom stereocenters. The summed E-state index contributed by atoms with van der Waals surface area (Å²) in [7, 11) is 1.94. The molecule has 7 heteroatoms. The van der Waals surface area contributed by atoms with Gasteiger partial charge in [-0.05, 0) is 38.0 Å². The first-order valence-corrected chi connectivity index (χ1v) is 9.47. The van der Waals surface area contributed by atoms with Gasteiger partial charge >= 0.3 is 0 Å². The molecule has 1 fully saturated rings. The number of ketones is 1. The number of pyridine rings is 2. The van der Waals surface area contributed by atoms with E-state index in [2.05, 4.69) is 9.97 Å². The highest BCUT2D eigenvalue weighted by molar-refractivity contribution is 5.85. The molecule has 146 valence electrons. The third-order valence-electron chi connectivity index (χ3n) is 5.64. The van der Waals surface area contributed by atoms with Crippen LogP contribution in [-0.2, 0) is 18.3 Å². The maximum atomic E-state index is 13.3. The zero-order valence-electron chi connectivity index (χ0n) is 16.0. The minimum Gasteiger partial charge on any atom is -0.330 e. The van der Waals surface area contributed by atoms with E-state index in [0.717, 1.165) is 28.1 Å². The first-order chi connectivity index (χ1) is 13.3. The van der Waals surface area contributed by atoms with E-state index >= 15 is 0 Å². The molecule has 1 aliphatic rings. The van der Waals surface area contributed by atoms with Crippen molar-refractivity contribution in [2.24, 2.45) is 13.0 Å². The summed E-state index contributed by atoms with van der Waals surface area (Å²) in [6.07, 6.45) is 3.74. The van der Waals surface area contributed by atoms with Crippen LogP contribution in [0.2, 0.25) is 0 Å². The lowest BCUT2D eigenvalue weighted by atomic mass is 9.83. The summed E-state index contributed by atoms with van der Waals surface area (Å²) < 4.78 is 28.6. The van der Waals surface area contributed by atoms with Crippen molar-refractivity contribution in [3.8, 4) is 11.4 Å². The van der Waals surface area contributed by atoms with Gasteiger partial charge in [-0.3, -0.25) is 9.78 Å². The van der Waals surface area contributed by atoms with E-state index in [4.69, 9.17) is 4.98 Å². The topological polar surface area (TPSA) is 60.7 Å². The standard InChI is InChI=1S/C21H22F2N4O/c1-13-24-12-19(27(13)2)17-4-3-15-11-25-16(9-18(15)26-17)10-20(28)14-5-7-21(22,23)8-6-14/h3-4,9,11-12,14H,5-8,10H2,1-2H3. The Bertz CT molecular complexity index is 1030. The molecule has 0 saturated heterocycles. The van der Waals surface area contributed by atoms with E-state index in [1.807, 2.05) is 36.7 Å². The fourth-order valence-corrected chi connectivity index (χ4v) is 3.72. The maximum Gasteiger partial charge on any atom is 0.248 e. The molecular formula is C21H22F2N4O. The second-order valence-corrected chi connectivity index (χ2v) is 7.59. The van der Waals surface area contributed by atoms with E-state index in [1.165, 1.54) is 0 Å². The number of carbonyl (C=O) groups excluding carboxylic acids is 1. The Labute approximate surface area is 161 Å². The molecule has 0 N–H and O–H groups in total. The summed E-state index contributed by atoms with van der Waals surface area (Å²) in [6, 6.07) is 5.69. The lowest BCUT2D eigenvalue weighted by Gasteiger charge is -2.27. The van der Waals surface area contributed by atoms with Gasteiger partial charge in [0, 0.05) is 49.5 Å². The Morgan fingerprint density at radius 2 is 1.96 bits per heavy atom. The molecule has 1 aliphatic carbocycles. The highest BCUT2D eigenvalue weighted by atomic mass is 19.3. The van der Waals surface area contributed by atoms with Crippen LogP contribution in [0.15, 0.2) is 30.6 Å². The van der Waals surface area contributed by atoms with Crippen molar-refractivity contribution < 1.29 is 13.6 Å². The van der Waals surface area contributed by atoms with Crippen molar-refractivity contribution in [2.75, 3.05) is 0 Å². The van der Waals surface area contributed by atoms with Crippen LogP contribution in [0.5, 0.6) is 0 Å². The van der Waals surface area contributed by atoms with Crippen molar-refractivity contribution in [2.45, 2.75) is 45.0 Å². The van der Waals surface area contributed by atoms with Crippen molar-refractivity contribution in [3.63, 3.8) is 0 Å². The molecule has 3 aromatic heterocycles. The predicted octanol–water partition coefficient (Wildman–Crippen LogP) is 4.28. The number of imidazole rings is 1. The minimum absolute atomic E-state index is 0.0132. The zero-order chi connectivity index (χ0) is 19.9. The molecule has 0 spiro atoms. The fraction of sp³-hybridized carbons (Fsp3) is 0.429. The predicted molar refractivity (Wildman–Crippen MR) is 102 cm³/mol. The van der Waals surface area contributed by atoms with Crippen LogP contribution in [-0.4, -0.2) is 31.2 Å². The molecule has 0 aromatic carbocycles. The fourth-order valence-electron chi connectivity index (χ4n) is 3.72. The van der Waals surface area contributed by atoms with Crippen molar-refractivity contribution in [3.05, 3.63) is 42.1 Å². The lowest BCUT2D eigenvalue weighted by molar-refractivity contribution is -0.126. The average molecular weight is 384 g/mol. The molecule has 0 aliphatic heterocycles. The summed E-state index contributed by atoms with van der Waals surface area (Å²) >= 11 is 0. The summed E-state index contributed by atoms with van der Waals surface area (Å²) in [5.41, 5.74) is 3.09. The van der Waals surface area contributed by atoms with Gasteiger partial charge in [0.1, 0.15) is 11.6 Å². The van der Waals surface area contributed by atoms with Crippen LogP contribution in [0.25, 0.3) is 22.3 Å². The monoisotopic (exact) mass is 384 g/mol. The summed E-state index contributed by atoms with van der Waals surface area (Å²) in [6.45, 7) is 1.93. The Balaban J connectivity index is 1.55. The van der Waals surface area contributed by atoms with Gasteiger partial charge in [0.25, 0.3) is 0 Å². The first-order valence-electron chi connectivity index (χ1n) is 9.47. The van der Waals surface area contributed by atoms with Crippen molar-refractivity contribution in [1.82, 2.24) is 19.5 Å². The number of nitrogens with zero attached hydrogens (tertiary/aromatic N) is 4. The van der Waals surface area contributed by atoms with E-state index in [9.17, 15) is 13.6 Å². The number of Topliss-reactive ketones (excluding diaryl/α,β-unsaturated/α-hetero) is 1. The number of hydrogen-bond acceptors (Lipinski definition) is 4. The molecule has 28 heavy (non-hydrogen) atoms. The quantitative estimate of drug-likeness (QED) is 0.674. The first kappa shape index (κ1) is 18.7. The third kappa shape index (κ3) is 3.66. The van der Waals surface area contributed by atoms with Gasteiger partial charge in [0.15, 0.2) is 0 Å². The molecule has 0 radical (unpaired) electrons. The van der Waals surface area contributed by atoms with Crippen LogP contribution < -0.4 is 0 Å². The average Bonchev–Trinajstić information content (AvgIpc) is 3.00. The van der Waals surface area contributed by atoms with Gasteiger partial charge in [-0.25, -0.2) is 18.7 Å². The molecule has 3 heterocycles. The molecule has 0 atom stereocenters.